The minimum Gasteiger partial charge on any atom is -0.398 e. The zero-order chi connectivity index (χ0) is 29.8. The van der Waals surface area contributed by atoms with Crippen molar-refractivity contribution in [2.75, 3.05) is 11.5 Å². The predicted octanol–water partition coefficient (Wildman–Crippen LogP) is 8.72. The van der Waals surface area contributed by atoms with Gasteiger partial charge in [0.15, 0.2) is 0 Å². The van der Waals surface area contributed by atoms with Gasteiger partial charge in [-0.2, -0.15) is 52.7 Å². The van der Waals surface area contributed by atoms with E-state index in [1.54, 1.807) is 0 Å². The van der Waals surface area contributed by atoms with Crippen LogP contribution in [0.15, 0.2) is 24.3 Å². The summed E-state index contributed by atoms with van der Waals surface area (Å²) in [5, 5.41) is 0. The molecule has 0 amide bonds. The van der Waals surface area contributed by atoms with Crippen molar-refractivity contribution in [1.29, 1.82) is 0 Å². The van der Waals surface area contributed by atoms with Gasteiger partial charge in [-0.05, 0) is 96.6 Å². The lowest BCUT2D eigenvalue weighted by Crippen LogP contribution is -2.56. The van der Waals surface area contributed by atoms with Crippen LogP contribution in [-0.4, -0.2) is 0 Å². The molecule has 40 heavy (non-hydrogen) atoms. The first-order chi connectivity index (χ1) is 18.1. The quantitative estimate of drug-likeness (QED) is 0.272. The summed E-state index contributed by atoms with van der Waals surface area (Å²) in [6, 6.07) is 1.03. The fraction of sp³-hybridized carbons (Fsp3) is 0.538. The molecule has 0 heterocycles. The number of nitrogen functional groups attached to an aromatic ring is 2. The van der Waals surface area contributed by atoms with Crippen molar-refractivity contribution in [2.45, 2.75) is 74.1 Å². The number of halogens is 12. The Balaban J connectivity index is 1.77. The first-order valence-corrected chi connectivity index (χ1v) is 12.2. The second-order valence-corrected chi connectivity index (χ2v) is 11.5. The Morgan fingerprint density at radius 1 is 0.500 bits per heavy atom. The molecule has 220 valence electrons. The molecule has 2 aromatic carbocycles. The highest BCUT2D eigenvalue weighted by atomic mass is 19.4. The van der Waals surface area contributed by atoms with Gasteiger partial charge in [0, 0.05) is 11.4 Å². The van der Waals surface area contributed by atoms with E-state index in [0.717, 1.165) is 0 Å². The van der Waals surface area contributed by atoms with Crippen molar-refractivity contribution in [2.24, 2.45) is 11.8 Å². The summed E-state index contributed by atoms with van der Waals surface area (Å²) < 4.78 is 168. The predicted molar refractivity (Wildman–Crippen MR) is 120 cm³/mol. The molecular weight excluding hydrogens is 568 g/mol. The van der Waals surface area contributed by atoms with Crippen LogP contribution in [0.4, 0.5) is 64.1 Å². The molecule has 0 aliphatic heterocycles. The monoisotopic (exact) mass is 590 g/mol. The van der Waals surface area contributed by atoms with Gasteiger partial charge in [0.1, 0.15) is 0 Å². The fourth-order valence-electron chi connectivity index (χ4n) is 7.96. The van der Waals surface area contributed by atoms with Crippen LogP contribution in [-0.2, 0) is 35.5 Å². The molecular formula is C26H22F12N2. The second-order valence-electron chi connectivity index (χ2n) is 11.5. The van der Waals surface area contributed by atoms with Crippen molar-refractivity contribution in [3.05, 3.63) is 57.6 Å². The molecule has 6 rings (SSSR count). The Hall–Kier alpha value is -2.80. The van der Waals surface area contributed by atoms with E-state index in [1.165, 1.54) is 0 Å². The van der Waals surface area contributed by atoms with E-state index in [9.17, 15) is 52.7 Å². The molecule has 0 spiro atoms. The van der Waals surface area contributed by atoms with E-state index >= 15 is 0 Å². The number of alkyl halides is 12. The van der Waals surface area contributed by atoms with Crippen molar-refractivity contribution in [1.82, 2.24) is 0 Å². The fourth-order valence-corrected chi connectivity index (χ4v) is 7.96. The van der Waals surface area contributed by atoms with E-state index in [0.29, 0.717) is 18.6 Å². The highest BCUT2D eigenvalue weighted by Gasteiger charge is 2.62. The molecule has 4 bridgehead atoms. The zero-order valence-corrected chi connectivity index (χ0v) is 20.4. The molecule has 0 radical (unpaired) electrons. The third-order valence-electron chi connectivity index (χ3n) is 8.80. The van der Waals surface area contributed by atoms with Gasteiger partial charge in [0.05, 0.1) is 22.3 Å². The molecule has 4 aliphatic carbocycles. The SMILES string of the molecule is Nc1cc(C(F)(F)F)c(C23CC4CC(C2)CC(c2cc(C(F)(F)F)c(N)cc2C(F)(F)F)(C4)C3)cc1C(F)(F)F. The topological polar surface area (TPSA) is 52.0 Å². The van der Waals surface area contributed by atoms with Crippen LogP contribution in [0.5, 0.6) is 0 Å². The standard InChI is InChI=1S/C26H22F12N2/c27-23(28,29)15-4-19(39)17(25(33,34)35)2-13(15)21-6-11-1-12(7-21)9-22(8-11,10-21)14-3-18(26(36,37)38)20(40)5-16(14)24(30,31)32/h2-5,11-12H,1,6-10,39-40H2. The van der Waals surface area contributed by atoms with E-state index in [2.05, 4.69) is 0 Å². The maximum atomic E-state index is 14.2. The summed E-state index contributed by atoms with van der Waals surface area (Å²) in [5.41, 5.74) is -2.28. The van der Waals surface area contributed by atoms with Crippen LogP contribution >= 0.6 is 0 Å². The average molecular weight is 590 g/mol. The van der Waals surface area contributed by atoms with Gasteiger partial charge < -0.3 is 11.5 Å². The Bertz CT molecular complexity index is 1240. The molecule has 4 N–H and O–H groups in total. The third-order valence-corrected chi connectivity index (χ3v) is 8.80. The summed E-state index contributed by atoms with van der Waals surface area (Å²) in [6.45, 7) is 0. The molecule has 0 aromatic heterocycles. The molecule has 2 aromatic rings. The molecule has 4 aliphatic rings. The summed E-state index contributed by atoms with van der Waals surface area (Å²) in [6.07, 6.45) is -20.8. The largest absolute Gasteiger partial charge is 0.418 e. The Labute approximate surface area is 219 Å². The van der Waals surface area contributed by atoms with Gasteiger partial charge in [0.2, 0.25) is 0 Å². The normalized spacial score (nSPS) is 28.8. The molecule has 2 nitrogen and oxygen atoms in total. The van der Waals surface area contributed by atoms with E-state index in [1.807, 2.05) is 0 Å². The van der Waals surface area contributed by atoms with Crippen LogP contribution < -0.4 is 11.5 Å². The van der Waals surface area contributed by atoms with Crippen molar-refractivity contribution < 1.29 is 52.7 Å². The number of hydrogen-bond acceptors (Lipinski definition) is 2. The minimum absolute atomic E-state index is 0.0437. The maximum Gasteiger partial charge on any atom is 0.418 e. The summed E-state index contributed by atoms with van der Waals surface area (Å²) in [4.78, 5) is 0. The smallest absolute Gasteiger partial charge is 0.398 e. The molecule has 0 saturated heterocycles. The van der Waals surface area contributed by atoms with Crippen LogP contribution in [0.1, 0.15) is 71.9 Å². The van der Waals surface area contributed by atoms with Crippen LogP contribution in [0, 0.1) is 11.8 Å². The number of benzene rings is 2. The Morgan fingerprint density at radius 3 is 1.07 bits per heavy atom. The zero-order valence-electron chi connectivity index (χ0n) is 20.4. The molecule has 4 fully saturated rings. The lowest BCUT2D eigenvalue weighted by atomic mass is 9.41. The first kappa shape index (κ1) is 28.7. The summed E-state index contributed by atoms with van der Waals surface area (Å²) in [5.74, 6) is -1.02. The minimum atomic E-state index is -5.15. The van der Waals surface area contributed by atoms with Gasteiger partial charge in [-0.15, -0.1) is 0 Å². The third kappa shape index (κ3) is 4.54. The summed E-state index contributed by atoms with van der Waals surface area (Å²) in [7, 11) is 0. The van der Waals surface area contributed by atoms with Gasteiger partial charge in [-0.1, -0.05) is 0 Å². The number of nitrogens with two attached hydrogens (primary N) is 2. The van der Waals surface area contributed by atoms with Gasteiger partial charge in [0.25, 0.3) is 0 Å². The molecule has 14 heteroatoms. The van der Waals surface area contributed by atoms with Gasteiger partial charge in [-0.25, -0.2) is 0 Å². The molecule has 4 saturated carbocycles. The highest BCUT2D eigenvalue weighted by Crippen LogP contribution is 2.68. The lowest BCUT2D eigenvalue weighted by Gasteiger charge is -2.63. The number of hydrogen-bond donors (Lipinski definition) is 2. The van der Waals surface area contributed by atoms with E-state index in [4.69, 9.17) is 11.5 Å². The van der Waals surface area contributed by atoms with Crippen molar-refractivity contribution in [3.8, 4) is 0 Å². The van der Waals surface area contributed by atoms with Crippen LogP contribution in [0.2, 0.25) is 0 Å². The van der Waals surface area contributed by atoms with Gasteiger partial charge >= 0.3 is 24.7 Å². The van der Waals surface area contributed by atoms with Gasteiger partial charge in [-0.3, -0.25) is 0 Å². The Morgan fingerprint density at radius 2 is 0.800 bits per heavy atom. The van der Waals surface area contributed by atoms with E-state index < -0.39 is 98.5 Å². The first-order valence-electron chi connectivity index (χ1n) is 12.2. The second kappa shape index (κ2) is 8.37. The lowest BCUT2D eigenvalue weighted by molar-refractivity contribution is -0.144. The number of rotatable bonds is 2. The average Bonchev–Trinajstić information content (AvgIpc) is 2.74. The van der Waals surface area contributed by atoms with Crippen molar-refractivity contribution in [3.63, 3.8) is 0 Å². The van der Waals surface area contributed by atoms with Crippen LogP contribution in [0.25, 0.3) is 0 Å². The maximum absolute atomic E-state index is 14.2. The highest BCUT2D eigenvalue weighted by molar-refractivity contribution is 5.59. The molecule has 0 unspecified atom stereocenters. The molecule has 0 atom stereocenters. The van der Waals surface area contributed by atoms with E-state index in [-0.39, 0.29) is 37.8 Å². The van der Waals surface area contributed by atoms with Crippen LogP contribution in [0.3, 0.4) is 0 Å². The van der Waals surface area contributed by atoms with Crippen molar-refractivity contribution >= 4 is 11.4 Å². The summed E-state index contributed by atoms with van der Waals surface area (Å²) >= 11 is 0. The Kier molecular flexibility index (Phi) is 6.01. The number of anilines is 2.